The van der Waals surface area contributed by atoms with Crippen molar-refractivity contribution in [1.82, 2.24) is 9.88 Å². The monoisotopic (exact) mass is 341 g/mol. The van der Waals surface area contributed by atoms with Crippen molar-refractivity contribution in [3.63, 3.8) is 0 Å². The zero-order valence-corrected chi connectivity index (χ0v) is 15.1. The highest BCUT2D eigenvalue weighted by Crippen LogP contribution is 2.22. The van der Waals surface area contributed by atoms with Gasteiger partial charge >= 0.3 is 0 Å². The number of aromatic nitrogens is 1. The van der Waals surface area contributed by atoms with Crippen LogP contribution in [0.5, 0.6) is 0 Å². The van der Waals surface area contributed by atoms with Gasteiger partial charge in [-0.1, -0.05) is 6.07 Å². The molecular formula is C19H23N3OS. The zero-order valence-electron chi connectivity index (χ0n) is 14.2. The van der Waals surface area contributed by atoms with Crippen LogP contribution in [0, 0.1) is 13.8 Å². The summed E-state index contributed by atoms with van der Waals surface area (Å²) >= 11 is 1.63. The van der Waals surface area contributed by atoms with E-state index in [1.165, 1.54) is 21.7 Å². The number of carbonyl (C=O) groups excluding carboxylic acids is 1. The van der Waals surface area contributed by atoms with E-state index in [0.29, 0.717) is 5.75 Å². The van der Waals surface area contributed by atoms with Gasteiger partial charge in [0.05, 0.1) is 5.75 Å². The molecular weight excluding hydrogens is 318 g/mol. The Labute approximate surface area is 147 Å². The van der Waals surface area contributed by atoms with Gasteiger partial charge in [-0.05, 0) is 49.2 Å². The number of aryl methyl sites for hydroxylation is 2. The Morgan fingerprint density at radius 1 is 1.04 bits per heavy atom. The first kappa shape index (κ1) is 16.8. The van der Waals surface area contributed by atoms with Gasteiger partial charge in [0.25, 0.3) is 0 Å². The Hall–Kier alpha value is -2.01. The van der Waals surface area contributed by atoms with Crippen molar-refractivity contribution in [2.75, 3.05) is 36.8 Å². The minimum absolute atomic E-state index is 0.229. The number of hydrogen-bond donors (Lipinski definition) is 0. The lowest BCUT2D eigenvalue weighted by atomic mass is 10.1. The second kappa shape index (κ2) is 7.71. The van der Waals surface area contributed by atoms with E-state index in [9.17, 15) is 4.79 Å². The van der Waals surface area contributed by atoms with Crippen molar-refractivity contribution < 1.29 is 4.79 Å². The summed E-state index contributed by atoms with van der Waals surface area (Å²) in [7, 11) is 0. The Morgan fingerprint density at radius 3 is 2.42 bits per heavy atom. The molecule has 1 saturated heterocycles. The number of anilines is 1. The van der Waals surface area contributed by atoms with Gasteiger partial charge in [0, 0.05) is 49.2 Å². The Bertz CT molecular complexity index is 697. The molecule has 2 aromatic rings. The summed E-state index contributed by atoms with van der Waals surface area (Å²) in [5.74, 6) is 0.741. The Kier molecular flexibility index (Phi) is 5.41. The van der Waals surface area contributed by atoms with Gasteiger partial charge in [-0.3, -0.25) is 9.78 Å². The first-order chi connectivity index (χ1) is 11.6. The van der Waals surface area contributed by atoms with Crippen LogP contribution in [0.3, 0.4) is 0 Å². The minimum atomic E-state index is 0.229. The normalized spacial score (nSPS) is 14.8. The Balaban J connectivity index is 1.49. The highest BCUT2D eigenvalue weighted by molar-refractivity contribution is 8.00. The maximum absolute atomic E-state index is 12.4. The number of piperazine rings is 1. The van der Waals surface area contributed by atoms with Gasteiger partial charge < -0.3 is 9.80 Å². The molecule has 0 N–H and O–H groups in total. The van der Waals surface area contributed by atoms with Gasteiger partial charge in [-0.2, -0.15) is 0 Å². The van der Waals surface area contributed by atoms with Crippen LogP contribution in [0.1, 0.15) is 11.1 Å². The van der Waals surface area contributed by atoms with Gasteiger partial charge in [0.1, 0.15) is 0 Å². The molecule has 0 bridgehead atoms. The third kappa shape index (κ3) is 4.09. The van der Waals surface area contributed by atoms with E-state index in [1.807, 2.05) is 29.4 Å². The fraction of sp³-hybridized carbons (Fsp3) is 0.368. The first-order valence-electron chi connectivity index (χ1n) is 8.26. The SMILES string of the molecule is Cc1ccc(SCC(=O)N2CCN(c3ccncc3)CC2)cc1C. The molecule has 0 spiro atoms. The smallest absolute Gasteiger partial charge is 0.233 e. The number of pyridine rings is 1. The van der Waals surface area contributed by atoms with Crippen LogP contribution in [0.2, 0.25) is 0 Å². The van der Waals surface area contributed by atoms with E-state index in [1.54, 1.807) is 11.8 Å². The average molecular weight is 341 g/mol. The van der Waals surface area contributed by atoms with E-state index in [-0.39, 0.29) is 5.91 Å². The van der Waals surface area contributed by atoms with Gasteiger partial charge in [0.15, 0.2) is 0 Å². The molecule has 1 amide bonds. The number of thioether (sulfide) groups is 1. The lowest BCUT2D eigenvalue weighted by molar-refractivity contribution is -0.128. The summed E-state index contributed by atoms with van der Waals surface area (Å²) < 4.78 is 0. The third-order valence-corrected chi connectivity index (χ3v) is 5.48. The molecule has 1 aliphatic heterocycles. The predicted molar refractivity (Wildman–Crippen MR) is 99.7 cm³/mol. The van der Waals surface area contributed by atoms with Crippen LogP contribution in [0.15, 0.2) is 47.6 Å². The molecule has 0 saturated carbocycles. The van der Waals surface area contributed by atoms with Crippen molar-refractivity contribution in [3.8, 4) is 0 Å². The van der Waals surface area contributed by atoms with Crippen LogP contribution < -0.4 is 4.90 Å². The lowest BCUT2D eigenvalue weighted by Crippen LogP contribution is -2.49. The van der Waals surface area contributed by atoms with Crippen molar-refractivity contribution in [2.24, 2.45) is 0 Å². The van der Waals surface area contributed by atoms with Gasteiger partial charge in [0.2, 0.25) is 5.91 Å². The van der Waals surface area contributed by atoms with Crippen LogP contribution in [-0.2, 0) is 4.79 Å². The van der Waals surface area contributed by atoms with Crippen LogP contribution in [0.4, 0.5) is 5.69 Å². The molecule has 1 aromatic heterocycles. The first-order valence-corrected chi connectivity index (χ1v) is 9.25. The van der Waals surface area contributed by atoms with E-state index < -0.39 is 0 Å². The number of nitrogens with zero attached hydrogens (tertiary/aromatic N) is 3. The van der Waals surface area contributed by atoms with E-state index in [0.717, 1.165) is 26.2 Å². The molecule has 1 aromatic carbocycles. The highest BCUT2D eigenvalue weighted by Gasteiger charge is 2.21. The quantitative estimate of drug-likeness (QED) is 0.801. The summed E-state index contributed by atoms with van der Waals surface area (Å²) in [5, 5.41) is 0. The zero-order chi connectivity index (χ0) is 16.9. The van der Waals surface area contributed by atoms with Crippen LogP contribution >= 0.6 is 11.8 Å². The van der Waals surface area contributed by atoms with Crippen molar-refractivity contribution in [1.29, 1.82) is 0 Å². The summed E-state index contributed by atoms with van der Waals surface area (Å²) in [4.78, 5) is 22.0. The number of hydrogen-bond acceptors (Lipinski definition) is 4. The largest absolute Gasteiger partial charge is 0.368 e. The maximum Gasteiger partial charge on any atom is 0.233 e. The standard InChI is InChI=1S/C19H23N3OS/c1-15-3-4-18(13-16(15)2)24-14-19(23)22-11-9-21(10-12-22)17-5-7-20-8-6-17/h3-8,13H,9-12,14H2,1-2H3. The van der Waals surface area contributed by atoms with E-state index >= 15 is 0 Å². The topological polar surface area (TPSA) is 36.4 Å². The number of rotatable bonds is 4. The third-order valence-electron chi connectivity index (χ3n) is 4.50. The molecule has 1 aliphatic rings. The fourth-order valence-corrected chi connectivity index (χ4v) is 3.71. The van der Waals surface area contributed by atoms with Crippen molar-refractivity contribution in [3.05, 3.63) is 53.9 Å². The van der Waals surface area contributed by atoms with Crippen LogP contribution in [0.25, 0.3) is 0 Å². The summed E-state index contributed by atoms with van der Waals surface area (Å²) in [6.07, 6.45) is 3.63. The average Bonchev–Trinajstić information content (AvgIpc) is 2.63. The van der Waals surface area contributed by atoms with E-state index in [2.05, 4.69) is 41.9 Å². The Morgan fingerprint density at radius 2 is 1.75 bits per heavy atom. The lowest BCUT2D eigenvalue weighted by Gasteiger charge is -2.36. The number of carbonyl (C=O) groups is 1. The second-order valence-electron chi connectivity index (χ2n) is 6.11. The molecule has 0 atom stereocenters. The van der Waals surface area contributed by atoms with Crippen molar-refractivity contribution in [2.45, 2.75) is 18.7 Å². The fourth-order valence-electron chi connectivity index (χ4n) is 2.81. The molecule has 24 heavy (non-hydrogen) atoms. The maximum atomic E-state index is 12.4. The van der Waals surface area contributed by atoms with Gasteiger partial charge in [-0.25, -0.2) is 0 Å². The summed E-state index contributed by atoms with van der Waals surface area (Å²) in [5.41, 5.74) is 3.75. The highest BCUT2D eigenvalue weighted by atomic mass is 32.2. The second-order valence-corrected chi connectivity index (χ2v) is 7.16. The molecule has 1 fully saturated rings. The summed E-state index contributed by atoms with van der Waals surface area (Å²) in [6, 6.07) is 10.4. The van der Waals surface area contributed by atoms with E-state index in [4.69, 9.17) is 0 Å². The van der Waals surface area contributed by atoms with Crippen LogP contribution in [-0.4, -0.2) is 47.7 Å². The molecule has 0 radical (unpaired) electrons. The molecule has 2 heterocycles. The molecule has 3 rings (SSSR count). The molecule has 126 valence electrons. The van der Waals surface area contributed by atoms with Crippen molar-refractivity contribution >= 4 is 23.4 Å². The minimum Gasteiger partial charge on any atom is -0.368 e. The number of amides is 1. The predicted octanol–water partition coefficient (Wildman–Crippen LogP) is 3.14. The molecule has 4 nitrogen and oxygen atoms in total. The number of benzene rings is 1. The van der Waals surface area contributed by atoms with Gasteiger partial charge in [-0.15, -0.1) is 11.8 Å². The summed E-state index contributed by atoms with van der Waals surface area (Å²) in [6.45, 7) is 7.55. The molecule has 0 aliphatic carbocycles. The molecule has 5 heteroatoms. The molecule has 0 unspecified atom stereocenters.